The normalized spacial score (nSPS) is 10.8. The second-order valence-electron chi connectivity index (χ2n) is 7.38. The highest BCUT2D eigenvalue weighted by atomic mass is 16.5. The van der Waals surface area contributed by atoms with E-state index >= 15 is 0 Å². The van der Waals surface area contributed by atoms with Crippen LogP contribution in [-0.2, 0) is 6.42 Å². The zero-order valence-corrected chi connectivity index (χ0v) is 18.4. The highest BCUT2D eigenvalue weighted by molar-refractivity contribution is 6.12. The van der Waals surface area contributed by atoms with E-state index in [4.69, 9.17) is 4.74 Å². The van der Waals surface area contributed by atoms with Gasteiger partial charge >= 0.3 is 0 Å². The van der Waals surface area contributed by atoms with Crippen LogP contribution in [0, 0.1) is 0 Å². The summed E-state index contributed by atoms with van der Waals surface area (Å²) >= 11 is 0. The second kappa shape index (κ2) is 9.06. The molecule has 0 aliphatic heterocycles. The lowest BCUT2D eigenvalue weighted by Gasteiger charge is -2.21. The van der Waals surface area contributed by atoms with Crippen molar-refractivity contribution in [2.75, 3.05) is 18.6 Å². The topological polar surface area (TPSA) is 64.4 Å². The summed E-state index contributed by atoms with van der Waals surface area (Å²) in [5.74, 6) is 0.430. The van der Waals surface area contributed by atoms with Gasteiger partial charge in [-0.05, 0) is 55.3 Å². The van der Waals surface area contributed by atoms with Crippen LogP contribution in [0.5, 0.6) is 5.75 Å². The molecule has 0 aliphatic rings. The summed E-state index contributed by atoms with van der Waals surface area (Å²) in [6.45, 7) is 4.52. The number of hydrogen-bond acceptors (Lipinski definition) is 4. The summed E-state index contributed by atoms with van der Waals surface area (Å²) in [6.07, 6.45) is 0.799. The van der Waals surface area contributed by atoms with Gasteiger partial charge in [0.2, 0.25) is 0 Å². The Morgan fingerprint density at radius 2 is 1.59 bits per heavy atom. The first-order valence-corrected chi connectivity index (χ1v) is 10.7. The number of nitrogens with zero attached hydrogens (tertiary/aromatic N) is 3. The van der Waals surface area contributed by atoms with E-state index in [-0.39, 0.29) is 17.2 Å². The van der Waals surface area contributed by atoms with E-state index in [2.05, 4.69) is 12.0 Å². The van der Waals surface area contributed by atoms with Crippen LogP contribution in [0.3, 0.4) is 0 Å². The molecule has 4 rings (SSSR count). The maximum atomic E-state index is 13.6. The van der Waals surface area contributed by atoms with Crippen molar-refractivity contribution in [2.45, 2.75) is 20.3 Å². The van der Waals surface area contributed by atoms with E-state index in [0.29, 0.717) is 28.8 Å². The minimum Gasteiger partial charge on any atom is -0.494 e. The largest absolute Gasteiger partial charge is 0.494 e. The van der Waals surface area contributed by atoms with E-state index in [1.165, 1.54) is 4.68 Å². The average Bonchev–Trinajstić information content (AvgIpc) is 2.84. The number of hydrogen-bond donors (Lipinski definition) is 0. The number of amides is 1. The van der Waals surface area contributed by atoms with E-state index in [1.54, 1.807) is 60.5 Å². The van der Waals surface area contributed by atoms with E-state index < -0.39 is 0 Å². The van der Waals surface area contributed by atoms with Gasteiger partial charge in [0.1, 0.15) is 5.75 Å². The van der Waals surface area contributed by atoms with Crippen molar-refractivity contribution in [3.8, 4) is 11.4 Å². The Kier molecular flexibility index (Phi) is 6.03. The fourth-order valence-corrected chi connectivity index (χ4v) is 3.78. The van der Waals surface area contributed by atoms with E-state index in [9.17, 15) is 9.59 Å². The molecule has 6 heteroatoms. The minimum absolute atomic E-state index is 0.225. The molecule has 3 aromatic carbocycles. The maximum absolute atomic E-state index is 13.6. The van der Waals surface area contributed by atoms with Crippen LogP contribution in [0.4, 0.5) is 5.69 Å². The van der Waals surface area contributed by atoms with Crippen LogP contribution in [0.25, 0.3) is 16.5 Å². The highest BCUT2D eigenvalue weighted by Crippen LogP contribution is 2.24. The third kappa shape index (κ3) is 3.87. The molecule has 1 amide bonds. The molecule has 0 atom stereocenters. The number of aryl methyl sites for hydroxylation is 1. The number of carbonyl (C=O) groups is 1. The third-order valence-electron chi connectivity index (χ3n) is 5.44. The van der Waals surface area contributed by atoms with Crippen molar-refractivity contribution in [1.29, 1.82) is 0 Å². The van der Waals surface area contributed by atoms with Crippen molar-refractivity contribution in [3.63, 3.8) is 0 Å². The first kappa shape index (κ1) is 21.3. The van der Waals surface area contributed by atoms with Crippen molar-refractivity contribution < 1.29 is 9.53 Å². The molecule has 0 spiro atoms. The molecule has 4 aromatic rings. The standard InChI is InChI=1S/C26H25N3O3/c1-4-18-10-6-9-13-23(18)28(3)26(31)24-21-11-7-8-12-22(21)25(30)29(27-24)19-14-16-20(17-15-19)32-5-2/h6-17H,4-5H2,1-3H3. The molecule has 0 radical (unpaired) electrons. The van der Waals surface area contributed by atoms with Gasteiger partial charge in [0.15, 0.2) is 5.69 Å². The summed E-state index contributed by atoms with van der Waals surface area (Å²) in [6, 6.07) is 22.0. The molecule has 1 aromatic heterocycles. The molecule has 0 unspecified atom stereocenters. The summed E-state index contributed by atoms with van der Waals surface area (Å²) in [4.78, 5) is 28.4. The quantitative estimate of drug-likeness (QED) is 0.450. The first-order valence-electron chi connectivity index (χ1n) is 10.7. The van der Waals surface area contributed by atoms with E-state index in [1.807, 2.05) is 31.2 Å². The molecule has 0 fully saturated rings. The van der Waals surface area contributed by atoms with Gasteiger partial charge in [0.25, 0.3) is 11.5 Å². The molecule has 0 N–H and O–H groups in total. The lowest BCUT2D eigenvalue weighted by atomic mass is 10.1. The zero-order chi connectivity index (χ0) is 22.7. The molecular weight excluding hydrogens is 402 g/mol. The molecule has 0 saturated carbocycles. The minimum atomic E-state index is -0.280. The van der Waals surface area contributed by atoms with Gasteiger partial charge < -0.3 is 9.64 Å². The lowest BCUT2D eigenvalue weighted by molar-refractivity contribution is 0.0988. The predicted octanol–water partition coefficient (Wildman–Crippen LogP) is 4.62. The Balaban J connectivity index is 1.86. The number of aromatic nitrogens is 2. The van der Waals surface area contributed by atoms with Crippen LogP contribution in [0.2, 0.25) is 0 Å². The molecule has 0 aliphatic carbocycles. The van der Waals surface area contributed by atoms with Crippen molar-refractivity contribution >= 4 is 22.4 Å². The number of anilines is 1. The fourth-order valence-electron chi connectivity index (χ4n) is 3.78. The second-order valence-corrected chi connectivity index (χ2v) is 7.38. The Hall–Kier alpha value is -3.93. The van der Waals surface area contributed by atoms with Crippen LogP contribution in [-0.4, -0.2) is 29.3 Å². The number of para-hydroxylation sites is 1. The molecule has 1 heterocycles. The van der Waals surface area contributed by atoms with E-state index in [0.717, 1.165) is 17.7 Å². The number of rotatable bonds is 6. The van der Waals surface area contributed by atoms with Gasteiger partial charge in [0, 0.05) is 18.1 Å². The van der Waals surface area contributed by atoms with Gasteiger partial charge in [-0.1, -0.05) is 43.3 Å². The Morgan fingerprint density at radius 1 is 0.938 bits per heavy atom. The van der Waals surface area contributed by atoms with Gasteiger partial charge in [-0.15, -0.1) is 0 Å². The fraction of sp³-hybridized carbons (Fsp3) is 0.192. The molecule has 162 valence electrons. The molecule has 6 nitrogen and oxygen atoms in total. The summed E-state index contributed by atoms with van der Waals surface area (Å²) in [5.41, 5.74) is 2.40. The van der Waals surface area contributed by atoms with Crippen LogP contribution in [0.15, 0.2) is 77.6 Å². The first-order chi connectivity index (χ1) is 15.5. The van der Waals surface area contributed by atoms with Gasteiger partial charge in [0.05, 0.1) is 17.7 Å². The SMILES string of the molecule is CCOc1ccc(-n2nc(C(=O)N(C)c3ccccc3CC)c3ccccc3c2=O)cc1. The van der Waals surface area contributed by atoms with Crippen LogP contribution >= 0.6 is 0 Å². The Bertz CT molecular complexity index is 1330. The number of benzene rings is 3. The van der Waals surface area contributed by atoms with Crippen molar-refractivity contribution in [2.24, 2.45) is 0 Å². The van der Waals surface area contributed by atoms with Crippen LogP contribution in [0.1, 0.15) is 29.9 Å². The van der Waals surface area contributed by atoms with Gasteiger partial charge in [-0.25, -0.2) is 0 Å². The average molecular weight is 428 g/mol. The molecular formula is C26H25N3O3. The highest BCUT2D eigenvalue weighted by Gasteiger charge is 2.22. The predicted molar refractivity (Wildman–Crippen MR) is 127 cm³/mol. The van der Waals surface area contributed by atoms with Crippen molar-refractivity contribution in [1.82, 2.24) is 9.78 Å². The summed E-state index contributed by atoms with van der Waals surface area (Å²) < 4.78 is 6.78. The Labute approximate surface area is 186 Å². The van der Waals surface area contributed by atoms with Crippen molar-refractivity contribution in [3.05, 3.63) is 94.4 Å². The monoisotopic (exact) mass is 427 g/mol. The van der Waals surface area contributed by atoms with Crippen LogP contribution < -0.4 is 15.2 Å². The smallest absolute Gasteiger partial charge is 0.279 e. The lowest BCUT2D eigenvalue weighted by Crippen LogP contribution is -2.32. The van der Waals surface area contributed by atoms with Gasteiger partial charge in [-0.2, -0.15) is 9.78 Å². The summed E-state index contributed by atoms with van der Waals surface area (Å²) in [7, 11) is 1.74. The number of ether oxygens (including phenoxy) is 1. The summed E-state index contributed by atoms with van der Waals surface area (Å²) in [5, 5.41) is 5.49. The number of carbonyl (C=O) groups excluding carboxylic acids is 1. The molecule has 32 heavy (non-hydrogen) atoms. The molecule has 0 saturated heterocycles. The third-order valence-corrected chi connectivity index (χ3v) is 5.44. The molecule has 0 bridgehead atoms. The Morgan fingerprint density at radius 3 is 2.28 bits per heavy atom. The zero-order valence-electron chi connectivity index (χ0n) is 18.4. The van der Waals surface area contributed by atoms with Gasteiger partial charge in [-0.3, -0.25) is 9.59 Å². The maximum Gasteiger partial charge on any atom is 0.279 e. The number of fused-ring (bicyclic) bond motifs is 1.